The number of nitrogens with two attached hydrogens (primary N) is 1. The molecule has 0 radical (unpaired) electrons. The lowest BCUT2D eigenvalue weighted by Crippen LogP contribution is -2.13. The molecule has 3 N–H and O–H groups in total. The highest BCUT2D eigenvalue weighted by Crippen LogP contribution is 2.30. The van der Waals surface area contributed by atoms with Gasteiger partial charge >= 0.3 is 0 Å². The summed E-state index contributed by atoms with van der Waals surface area (Å²) in [5, 5.41) is 10.2. The molecular weight excluding hydrogens is 232 g/mol. The summed E-state index contributed by atoms with van der Waals surface area (Å²) in [6.45, 7) is 3.00. The van der Waals surface area contributed by atoms with E-state index in [-0.39, 0.29) is 0 Å². The topological polar surface area (TPSA) is 73.1 Å². The normalized spacial score (nSPS) is 25.7. The molecule has 2 atom stereocenters. The second-order valence-corrected chi connectivity index (χ2v) is 5.65. The molecule has 1 aliphatic rings. The summed E-state index contributed by atoms with van der Waals surface area (Å²) in [7, 11) is 0. The van der Waals surface area contributed by atoms with Gasteiger partial charge in [0.05, 0.1) is 6.10 Å². The van der Waals surface area contributed by atoms with E-state index >= 15 is 0 Å². The molecule has 0 aliphatic carbocycles. The minimum absolute atomic E-state index is 0.357. The van der Waals surface area contributed by atoms with E-state index in [1.54, 1.807) is 0 Å². The summed E-state index contributed by atoms with van der Waals surface area (Å²) in [5.41, 5.74) is 2.50. The molecule has 1 aliphatic heterocycles. The quantitative estimate of drug-likeness (QED) is 0.615. The first-order chi connectivity index (χ1) is 7.29. The van der Waals surface area contributed by atoms with Gasteiger partial charge in [0.25, 0.3) is 0 Å². The first kappa shape index (κ1) is 11.1. The van der Waals surface area contributed by atoms with Gasteiger partial charge in [0.1, 0.15) is 5.01 Å². The third-order valence-corrected chi connectivity index (χ3v) is 4.84. The fourth-order valence-corrected chi connectivity index (χ4v) is 3.39. The first-order valence-corrected chi connectivity index (χ1v) is 6.68. The molecule has 1 aromatic rings. The number of anilines is 1. The van der Waals surface area contributed by atoms with Gasteiger partial charge in [-0.25, -0.2) is 5.84 Å². The molecule has 84 valence electrons. The lowest BCUT2D eigenvalue weighted by atomic mass is 10.3. The highest BCUT2D eigenvalue weighted by molar-refractivity contribution is 7.99. The summed E-state index contributed by atoms with van der Waals surface area (Å²) in [5.74, 6) is 6.12. The van der Waals surface area contributed by atoms with Crippen LogP contribution < -0.4 is 11.3 Å². The number of hydrogen-bond donors (Lipinski definition) is 2. The Morgan fingerprint density at radius 2 is 2.53 bits per heavy atom. The maximum Gasteiger partial charge on any atom is 0.219 e. The molecular formula is C8H14N4OS2. The average molecular weight is 246 g/mol. The zero-order valence-electron chi connectivity index (χ0n) is 8.47. The van der Waals surface area contributed by atoms with E-state index in [4.69, 9.17) is 10.6 Å². The van der Waals surface area contributed by atoms with Gasteiger partial charge in [-0.15, -0.1) is 22.0 Å². The Kier molecular flexibility index (Phi) is 3.79. The highest BCUT2D eigenvalue weighted by atomic mass is 32.2. The van der Waals surface area contributed by atoms with Crippen LogP contribution in [0.25, 0.3) is 0 Å². The summed E-state index contributed by atoms with van der Waals surface area (Å²) in [6.07, 6.45) is 1.49. The minimum atomic E-state index is 0.357. The molecule has 1 aromatic heterocycles. The lowest BCUT2D eigenvalue weighted by Gasteiger charge is -2.11. The van der Waals surface area contributed by atoms with Crippen molar-refractivity contribution in [2.24, 2.45) is 5.84 Å². The summed E-state index contributed by atoms with van der Waals surface area (Å²) < 4.78 is 5.49. The Morgan fingerprint density at radius 1 is 1.67 bits per heavy atom. The molecule has 7 heteroatoms. The van der Waals surface area contributed by atoms with E-state index in [9.17, 15) is 0 Å². The smallest absolute Gasteiger partial charge is 0.219 e. The highest BCUT2D eigenvalue weighted by Gasteiger charge is 2.24. The number of rotatable bonds is 4. The molecule has 5 nitrogen and oxygen atoms in total. The zero-order valence-corrected chi connectivity index (χ0v) is 10.1. The third kappa shape index (κ3) is 2.81. The van der Waals surface area contributed by atoms with Crippen molar-refractivity contribution in [2.45, 2.75) is 30.5 Å². The van der Waals surface area contributed by atoms with Gasteiger partial charge in [0.2, 0.25) is 5.13 Å². The fourth-order valence-electron chi connectivity index (χ4n) is 1.48. The Balaban J connectivity index is 1.82. The van der Waals surface area contributed by atoms with Gasteiger partial charge in [-0.2, -0.15) is 0 Å². The molecule has 2 heterocycles. The molecule has 0 spiro atoms. The molecule has 1 fully saturated rings. The van der Waals surface area contributed by atoms with Gasteiger partial charge in [-0.05, 0) is 13.3 Å². The molecule has 2 unspecified atom stereocenters. The number of hydrazine groups is 1. The number of nitrogens with zero attached hydrogens (tertiary/aromatic N) is 2. The van der Waals surface area contributed by atoms with E-state index in [1.165, 1.54) is 11.3 Å². The standard InChI is InChI=1S/C8H14N4OS2/c1-5-6(2-3-13-5)14-4-7-11-12-8(10-9)15-7/h5-6H,2-4,9H2,1H3,(H,10,12). The first-order valence-electron chi connectivity index (χ1n) is 4.82. The predicted molar refractivity (Wildman–Crippen MR) is 62.8 cm³/mol. The van der Waals surface area contributed by atoms with E-state index in [0.29, 0.717) is 16.5 Å². The van der Waals surface area contributed by atoms with Crippen LogP contribution in [0.15, 0.2) is 0 Å². The minimum Gasteiger partial charge on any atom is -0.377 e. The van der Waals surface area contributed by atoms with Gasteiger partial charge in [-0.3, -0.25) is 5.43 Å². The van der Waals surface area contributed by atoms with Crippen molar-refractivity contribution < 1.29 is 4.74 Å². The molecule has 15 heavy (non-hydrogen) atoms. The van der Waals surface area contributed by atoms with Crippen molar-refractivity contribution in [1.82, 2.24) is 10.2 Å². The van der Waals surface area contributed by atoms with Crippen molar-refractivity contribution >= 4 is 28.2 Å². The van der Waals surface area contributed by atoms with Crippen molar-refractivity contribution in [3.8, 4) is 0 Å². The summed E-state index contributed by atoms with van der Waals surface area (Å²) >= 11 is 3.38. The third-order valence-electron chi connectivity index (χ3n) is 2.32. The van der Waals surface area contributed by atoms with Crippen LogP contribution in [0.1, 0.15) is 18.4 Å². The zero-order chi connectivity index (χ0) is 10.7. The largest absolute Gasteiger partial charge is 0.377 e. The molecule has 0 bridgehead atoms. The van der Waals surface area contributed by atoms with E-state index in [1.807, 2.05) is 11.8 Å². The lowest BCUT2D eigenvalue weighted by molar-refractivity contribution is 0.127. The van der Waals surface area contributed by atoms with Gasteiger partial charge in [0.15, 0.2) is 0 Å². The van der Waals surface area contributed by atoms with Crippen LogP contribution in [0, 0.1) is 0 Å². The maximum atomic E-state index is 5.49. The Hall–Kier alpha value is -0.370. The summed E-state index contributed by atoms with van der Waals surface area (Å²) in [6, 6.07) is 0. The Morgan fingerprint density at radius 3 is 3.13 bits per heavy atom. The van der Waals surface area contributed by atoms with Crippen LogP contribution in [-0.4, -0.2) is 28.2 Å². The van der Waals surface area contributed by atoms with Gasteiger partial charge < -0.3 is 4.74 Å². The van der Waals surface area contributed by atoms with Gasteiger partial charge in [0, 0.05) is 17.6 Å². The monoisotopic (exact) mass is 246 g/mol. The number of ether oxygens (including phenoxy) is 1. The second kappa shape index (κ2) is 5.11. The molecule has 1 saturated heterocycles. The average Bonchev–Trinajstić information content (AvgIpc) is 2.84. The number of aromatic nitrogens is 2. The van der Waals surface area contributed by atoms with E-state index < -0.39 is 0 Å². The second-order valence-electron chi connectivity index (χ2n) is 3.36. The molecule has 0 saturated carbocycles. The van der Waals surface area contributed by atoms with Crippen LogP contribution >= 0.6 is 23.1 Å². The van der Waals surface area contributed by atoms with E-state index in [2.05, 4.69) is 22.5 Å². The van der Waals surface area contributed by atoms with Crippen molar-refractivity contribution in [2.75, 3.05) is 12.0 Å². The maximum absolute atomic E-state index is 5.49. The predicted octanol–water partition coefficient (Wildman–Crippen LogP) is 1.23. The van der Waals surface area contributed by atoms with Crippen molar-refractivity contribution in [1.29, 1.82) is 0 Å². The van der Waals surface area contributed by atoms with Crippen molar-refractivity contribution in [3.63, 3.8) is 0 Å². The fraction of sp³-hybridized carbons (Fsp3) is 0.750. The van der Waals surface area contributed by atoms with Crippen LogP contribution in [-0.2, 0) is 10.5 Å². The summed E-state index contributed by atoms with van der Waals surface area (Å²) in [4.78, 5) is 0. The Labute approximate surface area is 96.8 Å². The SMILES string of the molecule is CC1OCCC1SCc1nnc(NN)s1. The van der Waals surface area contributed by atoms with Gasteiger partial charge in [-0.1, -0.05) is 11.3 Å². The van der Waals surface area contributed by atoms with Crippen LogP contribution in [0.2, 0.25) is 0 Å². The van der Waals surface area contributed by atoms with Crippen molar-refractivity contribution in [3.05, 3.63) is 5.01 Å². The number of nitrogen functional groups attached to an aromatic ring is 1. The number of thioether (sulfide) groups is 1. The van der Waals surface area contributed by atoms with Crippen LogP contribution in [0.4, 0.5) is 5.13 Å². The number of nitrogens with one attached hydrogen (secondary N) is 1. The van der Waals surface area contributed by atoms with Crippen LogP contribution in [0.5, 0.6) is 0 Å². The Bertz CT molecular complexity index is 319. The number of hydrogen-bond acceptors (Lipinski definition) is 7. The van der Waals surface area contributed by atoms with E-state index in [0.717, 1.165) is 23.8 Å². The molecule has 0 aromatic carbocycles. The molecule has 0 amide bonds. The van der Waals surface area contributed by atoms with Crippen LogP contribution in [0.3, 0.4) is 0 Å². The molecule has 2 rings (SSSR count).